The van der Waals surface area contributed by atoms with E-state index < -0.39 is 0 Å². The van der Waals surface area contributed by atoms with E-state index >= 15 is 0 Å². The smallest absolute Gasteiger partial charge is 0.224 e. The maximum absolute atomic E-state index is 14.0. The van der Waals surface area contributed by atoms with Crippen molar-refractivity contribution in [3.05, 3.63) is 102 Å². The van der Waals surface area contributed by atoms with Crippen LogP contribution in [0, 0.1) is 11.7 Å². The minimum Gasteiger partial charge on any atom is -0.345 e. The van der Waals surface area contributed by atoms with Gasteiger partial charge < -0.3 is 5.32 Å². The summed E-state index contributed by atoms with van der Waals surface area (Å²) >= 11 is 0. The number of hydrogen-bond donors (Lipinski definition) is 1. The van der Waals surface area contributed by atoms with Gasteiger partial charge in [-0.15, -0.1) is 0 Å². The fourth-order valence-electron chi connectivity index (χ4n) is 3.41. The molecule has 130 valence electrons. The number of nitrogens with one attached hydrogen (secondary N) is 1. The van der Waals surface area contributed by atoms with E-state index in [1.165, 1.54) is 6.07 Å². The second kappa shape index (κ2) is 7.08. The van der Waals surface area contributed by atoms with E-state index in [0.29, 0.717) is 12.0 Å². The SMILES string of the molecule is O=C(NC(c1ccccc1)c1ccncc1)C1CC1c1ccccc1F. The molecule has 3 aromatic rings. The highest BCUT2D eigenvalue weighted by Gasteiger charge is 2.45. The van der Waals surface area contributed by atoms with Crippen molar-refractivity contribution in [1.29, 1.82) is 0 Å². The monoisotopic (exact) mass is 346 g/mol. The van der Waals surface area contributed by atoms with Crippen LogP contribution in [0.15, 0.2) is 79.1 Å². The number of pyridine rings is 1. The molecule has 1 aromatic heterocycles. The fraction of sp³-hybridized carbons (Fsp3) is 0.182. The van der Waals surface area contributed by atoms with Crippen molar-refractivity contribution in [2.24, 2.45) is 5.92 Å². The molecule has 26 heavy (non-hydrogen) atoms. The lowest BCUT2D eigenvalue weighted by Crippen LogP contribution is -2.31. The van der Waals surface area contributed by atoms with E-state index in [1.807, 2.05) is 48.5 Å². The van der Waals surface area contributed by atoms with Crippen molar-refractivity contribution in [2.75, 3.05) is 0 Å². The first-order chi connectivity index (χ1) is 12.7. The van der Waals surface area contributed by atoms with E-state index in [-0.39, 0.29) is 29.6 Å². The van der Waals surface area contributed by atoms with Gasteiger partial charge in [0.2, 0.25) is 5.91 Å². The quantitative estimate of drug-likeness (QED) is 0.751. The van der Waals surface area contributed by atoms with Gasteiger partial charge in [0.25, 0.3) is 0 Å². The van der Waals surface area contributed by atoms with E-state index in [0.717, 1.165) is 11.1 Å². The molecule has 4 heteroatoms. The minimum absolute atomic E-state index is 0.0370. The number of rotatable bonds is 5. The zero-order chi connectivity index (χ0) is 17.9. The van der Waals surface area contributed by atoms with Crippen LogP contribution in [-0.2, 0) is 4.79 Å². The maximum atomic E-state index is 14.0. The topological polar surface area (TPSA) is 42.0 Å². The van der Waals surface area contributed by atoms with Gasteiger partial charge in [-0.25, -0.2) is 4.39 Å². The molecule has 4 rings (SSSR count). The molecular formula is C22H19FN2O. The fourth-order valence-corrected chi connectivity index (χ4v) is 3.41. The van der Waals surface area contributed by atoms with Crippen molar-refractivity contribution >= 4 is 5.91 Å². The Hall–Kier alpha value is -3.01. The van der Waals surface area contributed by atoms with Gasteiger partial charge in [0, 0.05) is 18.3 Å². The highest BCUT2D eigenvalue weighted by Crippen LogP contribution is 2.48. The Morgan fingerprint density at radius 3 is 2.35 bits per heavy atom. The second-order valence-corrected chi connectivity index (χ2v) is 6.60. The van der Waals surface area contributed by atoms with E-state index in [4.69, 9.17) is 0 Å². The molecule has 0 spiro atoms. The average molecular weight is 346 g/mol. The first-order valence-corrected chi connectivity index (χ1v) is 8.73. The molecule has 1 aliphatic carbocycles. The lowest BCUT2D eigenvalue weighted by molar-refractivity contribution is -0.122. The summed E-state index contributed by atoms with van der Waals surface area (Å²) in [6.45, 7) is 0. The van der Waals surface area contributed by atoms with Gasteiger partial charge >= 0.3 is 0 Å². The molecule has 0 aliphatic heterocycles. The summed E-state index contributed by atoms with van der Waals surface area (Å²) in [5, 5.41) is 3.14. The van der Waals surface area contributed by atoms with Crippen LogP contribution in [0.4, 0.5) is 4.39 Å². The van der Waals surface area contributed by atoms with E-state index in [1.54, 1.807) is 24.5 Å². The number of benzene rings is 2. The van der Waals surface area contributed by atoms with Crippen LogP contribution in [0.2, 0.25) is 0 Å². The molecule has 1 heterocycles. The summed E-state index contributed by atoms with van der Waals surface area (Å²) in [4.78, 5) is 16.9. The highest BCUT2D eigenvalue weighted by atomic mass is 19.1. The maximum Gasteiger partial charge on any atom is 0.224 e. The zero-order valence-corrected chi connectivity index (χ0v) is 14.2. The van der Waals surface area contributed by atoms with Gasteiger partial charge in [-0.2, -0.15) is 0 Å². The Bertz CT molecular complexity index is 859. The molecule has 0 radical (unpaired) electrons. The minimum atomic E-state index is -0.242. The van der Waals surface area contributed by atoms with Crippen molar-refractivity contribution < 1.29 is 9.18 Å². The van der Waals surface area contributed by atoms with Crippen LogP contribution in [0.1, 0.15) is 35.1 Å². The molecule has 2 aromatic carbocycles. The van der Waals surface area contributed by atoms with Gasteiger partial charge in [0.15, 0.2) is 0 Å². The van der Waals surface area contributed by atoms with Crippen molar-refractivity contribution in [3.63, 3.8) is 0 Å². The number of carbonyl (C=O) groups excluding carboxylic acids is 1. The molecule has 3 atom stereocenters. The van der Waals surface area contributed by atoms with Gasteiger partial charge in [-0.05, 0) is 47.2 Å². The first-order valence-electron chi connectivity index (χ1n) is 8.73. The van der Waals surface area contributed by atoms with Crippen molar-refractivity contribution in [2.45, 2.75) is 18.4 Å². The average Bonchev–Trinajstić information content (AvgIpc) is 3.48. The molecule has 1 aliphatic rings. The van der Waals surface area contributed by atoms with Crippen LogP contribution in [0.25, 0.3) is 0 Å². The summed E-state index contributed by atoms with van der Waals surface area (Å²) in [6.07, 6.45) is 4.12. The van der Waals surface area contributed by atoms with Crippen LogP contribution < -0.4 is 5.32 Å². The number of aromatic nitrogens is 1. The Morgan fingerprint density at radius 1 is 0.962 bits per heavy atom. The normalized spacial score (nSPS) is 19.6. The van der Waals surface area contributed by atoms with Gasteiger partial charge in [-0.3, -0.25) is 9.78 Å². The summed E-state index contributed by atoms with van der Waals surface area (Å²) in [6, 6.07) is 20.1. The summed E-state index contributed by atoms with van der Waals surface area (Å²) < 4.78 is 14.0. The third-order valence-electron chi connectivity index (χ3n) is 4.89. The molecular weight excluding hydrogens is 327 g/mol. The van der Waals surface area contributed by atoms with Crippen molar-refractivity contribution in [3.8, 4) is 0 Å². The van der Waals surface area contributed by atoms with Gasteiger partial charge in [0.1, 0.15) is 5.82 Å². The van der Waals surface area contributed by atoms with Crippen LogP contribution in [0.5, 0.6) is 0 Å². The van der Waals surface area contributed by atoms with Gasteiger partial charge in [-0.1, -0.05) is 48.5 Å². The number of amides is 1. The molecule has 3 unspecified atom stereocenters. The number of carbonyl (C=O) groups is 1. The molecule has 1 N–H and O–H groups in total. The Labute approximate surface area is 151 Å². The predicted molar refractivity (Wildman–Crippen MR) is 97.9 cm³/mol. The summed E-state index contributed by atoms with van der Waals surface area (Å²) in [5.41, 5.74) is 2.62. The lowest BCUT2D eigenvalue weighted by Gasteiger charge is -2.20. The number of hydrogen-bond acceptors (Lipinski definition) is 2. The Kier molecular flexibility index (Phi) is 4.48. The second-order valence-electron chi connectivity index (χ2n) is 6.60. The Morgan fingerprint density at radius 2 is 1.62 bits per heavy atom. The number of nitrogens with zero attached hydrogens (tertiary/aromatic N) is 1. The standard InChI is InChI=1S/C22H19FN2O/c23-20-9-5-4-8-17(20)18-14-19(18)22(26)25-21(15-6-2-1-3-7-15)16-10-12-24-13-11-16/h1-13,18-19,21H,14H2,(H,25,26). The summed E-state index contributed by atoms with van der Waals surface area (Å²) in [5.74, 6) is -0.490. The predicted octanol–water partition coefficient (Wildman–Crippen LogP) is 4.23. The molecule has 1 saturated carbocycles. The lowest BCUT2D eigenvalue weighted by atomic mass is 9.99. The van der Waals surface area contributed by atoms with Crippen LogP contribution in [0.3, 0.4) is 0 Å². The number of halogens is 1. The first kappa shape index (κ1) is 16.5. The Balaban J connectivity index is 1.54. The van der Waals surface area contributed by atoms with Crippen LogP contribution in [-0.4, -0.2) is 10.9 Å². The zero-order valence-electron chi connectivity index (χ0n) is 14.2. The van der Waals surface area contributed by atoms with Crippen molar-refractivity contribution in [1.82, 2.24) is 10.3 Å². The molecule has 3 nitrogen and oxygen atoms in total. The molecule has 1 fully saturated rings. The van der Waals surface area contributed by atoms with E-state index in [2.05, 4.69) is 10.3 Å². The molecule has 1 amide bonds. The van der Waals surface area contributed by atoms with E-state index in [9.17, 15) is 9.18 Å². The third kappa shape index (κ3) is 3.36. The third-order valence-corrected chi connectivity index (χ3v) is 4.89. The highest BCUT2D eigenvalue weighted by molar-refractivity contribution is 5.83. The molecule has 0 bridgehead atoms. The van der Waals surface area contributed by atoms with Gasteiger partial charge in [0.05, 0.1) is 6.04 Å². The largest absolute Gasteiger partial charge is 0.345 e. The van der Waals surface area contributed by atoms with Crippen LogP contribution >= 0.6 is 0 Å². The molecule has 0 saturated heterocycles. The summed E-state index contributed by atoms with van der Waals surface area (Å²) in [7, 11) is 0.